The van der Waals surface area contributed by atoms with Gasteiger partial charge in [-0.3, -0.25) is 24.1 Å². The van der Waals surface area contributed by atoms with Crippen LogP contribution in [0.15, 0.2) is 18.2 Å². The van der Waals surface area contributed by atoms with Gasteiger partial charge in [-0.05, 0) is 37.8 Å². The van der Waals surface area contributed by atoms with E-state index in [-0.39, 0.29) is 23.7 Å². The van der Waals surface area contributed by atoms with Gasteiger partial charge in [0.2, 0.25) is 11.8 Å². The summed E-state index contributed by atoms with van der Waals surface area (Å²) in [4.78, 5) is 50.3. The number of nitrogens with one attached hydrogen (secondary N) is 1. The summed E-state index contributed by atoms with van der Waals surface area (Å²) in [5, 5.41) is 2.66. The summed E-state index contributed by atoms with van der Waals surface area (Å²) < 4.78 is 16.9. The average molecular weight is 442 g/mol. The molecule has 3 amide bonds. The molecule has 32 heavy (non-hydrogen) atoms. The van der Waals surface area contributed by atoms with Crippen LogP contribution in [0.2, 0.25) is 0 Å². The molecule has 1 N–H and O–H groups in total. The van der Waals surface area contributed by atoms with Crippen molar-refractivity contribution >= 4 is 29.4 Å². The van der Waals surface area contributed by atoms with Crippen LogP contribution in [0.3, 0.4) is 0 Å². The molecule has 1 spiro atoms. The zero-order valence-electron chi connectivity index (χ0n) is 17.8. The van der Waals surface area contributed by atoms with E-state index in [1.54, 1.807) is 18.2 Å². The first-order valence-electron chi connectivity index (χ1n) is 11.3. The molecule has 9 heteroatoms. The number of carbonyl (C=O) groups is 4. The average Bonchev–Trinajstić information content (AvgIpc) is 3.45. The summed E-state index contributed by atoms with van der Waals surface area (Å²) >= 11 is 0. The topological polar surface area (TPSA) is 111 Å². The Kier molecular flexibility index (Phi) is 5.27. The highest BCUT2D eigenvalue weighted by Crippen LogP contribution is 2.47. The highest BCUT2D eigenvalue weighted by molar-refractivity contribution is 6.07. The van der Waals surface area contributed by atoms with Crippen LogP contribution >= 0.6 is 0 Å². The van der Waals surface area contributed by atoms with Crippen molar-refractivity contribution in [2.75, 3.05) is 18.5 Å². The molecular weight excluding hydrogens is 416 g/mol. The lowest BCUT2D eigenvalue weighted by atomic mass is 9.81. The largest absolute Gasteiger partial charge is 0.454 e. The molecule has 1 aromatic carbocycles. The molecule has 2 aliphatic heterocycles. The van der Waals surface area contributed by atoms with Crippen LogP contribution in [0.4, 0.5) is 5.69 Å². The van der Waals surface area contributed by atoms with Gasteiger partial charge < -0.3 is 19.5 Å². The third-order valence-corrected chi connectivity index (χ3v) is 6.77. The second-order valence-electron chi connectivity index (χ2n) is 8.95. The molecule has 5 rings (SSSR count). The lowest BCUT2D eigenvalue weighted by Gasteiger charge is -2.21. The second kappa shape index (κ2) is 8.11. The molecule has 170 valence electrons. The van der Waals surface area contributed by atoms with Crippen molar-refractivity contribution in [3.05, 3.63) is 18.2 Å². The number of hydrogen-bond donors (Lipinski definition) is 1. The SMILES string of the molecule is O=C(COC(=O)CN1C(=O)[C@H]2CCCC[C@H]2C1=O)Nc1ccc2c(c1)OC1(CCCC1)O2. The zero-order chi connectivity index (χ0) is 22.3. The van der Waals surface area contributed by atoms with Gasteiger partial charge in [-0.15, -0.1) is 0 Å². The number of ether oxygens (including phenoxy) is 3. The van der Waals surface area contributed by atoms with Gasteiger partial charge in [0, 0.05) is 24.6 Å². The molecule has 9 nitrogen and oxygen atoms in total. The van der Waals surface area contributed by atoms with Gasteiger partial charge in [0.1, 0.15) is 6.54 Å². The smallest absolute Gasteiger partial charge is 0.326 e. The minimum Gasteiger partial charge on any atom is -0.454 e. The minimum absolute atomic E-state index is 0.304. The summed E-state index contributed by atoms with van der Waals surface area (Å²) in [7, 11) is 0. The van der Waals surface area contributed by atoms with Gasteiger partial charge in [-0.25, -0.2) is 0 Å². The molecule has 0 bridgehead atoms. The Labute approximate surface area is 185 Å². The normalized spacial score (nSPS) is 25.2. The van der Waals surface area contributed by atoms with Gasteiger partial charge >= 0.3 is 5.97 Å². The maximum Gasteiger partial charge on any atom is 0.326 e. The van der Waals surface area contributed by atoms with Gasteiger partial charge in [-0.2, -0.15) is 0 Å². The molecule has 1 aromatic rings. The summed E-state index contributed by atoms with van der Waals surface area (Å²) in [6.45, 7) is -0.968. The molecule has 4 aliphatic rings. The summed E-state index contributed by atoms with van der Waals surface area (Å²) in [5.74, 6) is -1.91. The van der Waals surface area contributed by atoms with Crippen molar-refractivity contribution in [1.29, 1.82) is 0 Å². The first-order valence-corrected chi connectivity index (χ1v) is 11.3. The third kappa shape index (κ3) is 3.80. The van der Waals surface area contributed by atoms with Gasteiger partial charge in [-0.1, -0.05) is 12.8 Å². The molecular formula is C23H26N2O7. The Balaban J connectivity index is 1.11. The predicted octanol–water partition coefficient (Wildman–Crippen LogP) is 2.38. The number of rotatable bonds is 5. The highest BCUT2D eigenvalue weighted by atomic mass is 16.7. The first-order chi connectivity index (χ1) is 15.4. The summed E-state index contributed by atoms with van der Waals surface area (Å²) in [6.07, 6.45) is 6.97. The molecule has 2 aliphatic carbocycles. The summed E-state index contributed by atoms with van der Waals surface area (Å²) in [5.41, 5.74) is 0.498. The first kappa shape index (κ1) is 20.8. The summed E-state index contributed by atoms with van der Waals surface area (Å²) in [6, 6.07) is 5.12. The number of hydrogen-bond acceptors (Lipinski definition) is 7. The fourth-order valence-corrected chi connectivity index (χ4v) is 5.19. The Morgan fingerprint density at radius 3 is 2.34 bits per heavy atom. The van der Waals surface area contributed by atoms with Crippen molar-refractivity contribution in [3.63, 3.8) is 0 Å². The second-order valence-corrected chi connectivity index (χ2v) is 8.95. The van der Waals surface area contributed by atoms with E-state index in [1.807, 2.05) is 0 Å². The van der Waals surface area contributed by atoms with Crippen molar-refractivity contribution in [1.82, 2.24) is 4.90 Å². The quantitative estimate of drug-likeness (QED) is 0.550. The monoisotopic (exact) mass is 442 g/mol. The predicted molar refractivity (Wildman–Crippen MR) is 111 cm³/mol. The number of carbonyl (C=O) groups excluding carboxylic acids is 4. The number of fused-ring (bicyclic) bond motifs is 2. The van der Waals surface area contributed by atoms with Gasteiger partial charge in [0.05, 0.1) is 11.8 Å². The minimum atomic E-state index is -0.783. The maximum absolute atomic E-state index is 12.4. The van der Waals surface area contributed by atoms with Gasteiger partial charge in [0.25, 0.3) is 11.7 Å². The van der Waals surface area contributed by atoms with E-state index >= 15 is 0 Å². The van der Waals surface area contributed by atoms with E-state index in [1.165, 1.54) is 0 Å². The number of anilines is 1. The molecule has 3 fully saturated rings. The fraction of sp³-hybridized carbons (Fsp3) is 0.565. The zero-order valence-corrected chi connectivity index (χ0v) is 17.8. The number of imide groups is 1. The van der Waals surface area contributed by atoms with Crippen molar-refractivity contribution in [2.24, 2.45) is 11.8 Å². The molecule has 0 aromatic heterocycles. The Hall–Kier alpha value is -3.10. The molecule has 0 radical (unpaired) electrons. The van der Waals surface area contributed by atoms with E-state index in [9.17, 15) is 19.2 Å². The van der Waals surface area contributed by atoms with Crippen LogP contribution in [-0.4, -0.2) is 47.5 Å². The molecule has 2 atom stereocenters. The van der Waals surface area contributed by atoms with E-state index < -0.39 is 30.8 Å². The van der Waals surface area contributed by atoms with Crippen LogP contribution in [0.1, 0.15) is 51.4 Å². The number of esters is 1. The van der Waals surface area contributed by atoms with Crippen molar-refractivity contribution in [3.8, 4) is 11.5 Å². The molecule has 0 unspecified atom stereocenters. The van der Waals surface area contributed by atoms with Crippen molar-refractivity contribution in [2.45, 2.75) is 57.2 Å². The number of amides is 3. The van der Waals surface area contributed by atoms with Crippen LogP contribution in [-0.2, 0) is 23.9 Å². The Morgan fingerprint density at radius 1 is 1.00 bits per heavy atom. The lowest BCUT2D eigenvalue weighted by Crippen LogP contribution is -2.37. The van der Waals surface area contributed by atoms with Crippen LogP contribution in [0.25, 0.3) is 0 Å². The van der Waals surface area contributed by atoms with Crippen LogP contribution < -0.4 is 14.8 Å². The number of likely N-dealkylation sites (tertiary alicyclic amines) is 1. The van der Waals surface area contributed by atoms with E-state index in [2.05, 4.69) is 5.32 Å². The molecule has 2 heterocycles. The molecule has 1 saturated heterocycles. The Morgan fingerprint density at radius 2 is 1.66 bits per heavy atom. The number of nitrogens with zero attached hydrogens (tertiary/aromatic N) is 1. The van der Waals surface area contributed by atoms with E-state index in [0.717, 1.165) is 43.4 Å². The van der Waals surface area contributed by atoms with E-state index in [0.29, 0.717) is 30.0 Å². The van der Waals surface area contributed by atoms with Crippen LogP contribution in [0.5, 0.6) is 11.5 Å². The van der Waals surface area contributed by atoms with Crippen LogP contribution in [0, 0.1) is 11.8 Å². The standard InChI is InChI=1S/C23H26N2O7/c26-19(24-14-7-8-17-18(11-14)32-23(31-17)9-3-4-10-23)13-30-20(27)12-25-21(28)15-5-1-2-6-16(15)22(25)29/h7-8,11,15-16H,1-6,9-10,12-13H2,(H,24,26)/t15-,16+. The lowest BCUT2D eigenvalue weighted by molar-refractivity contribution is -0.154. The fourth-order valence-electron chi connectivity index (χ4n) is 5.19. The maximum atomic E-state index is 12.4. The highest BCUT2D eigenvalue weighted by Gasteiger charge is 2.48. The van der Waals surface area contributed by atoms with E-state index in [4.69, 9.17) is 14.2 Å². The van der Waals surface area contributed by atoms with Crippen molar-refractivity contribution < 1.29 is 33.4 Å². The van der Waals surface area contributed by atoms with Gasteiger partial charge in [0.15, 0.2) is 18.1 Å². The Bertz CT molecular complexity index is 945. The molecule has 2 saturated carbocycles. The number of benzene rings is 1. The third-order valence-electron chi connectivity index (χ3n) is 6.77.